The molecule has 0 spiro atoms. The number of nitrogens with one attached hydrogen (secondary N) is 1. The third-order valence-electron chi connectivity index (χ3n) is 1.90. The van der Waals surface area contributed by atoms with Crippen LogP contribution >= 0.6 is 15.9 Å². The predicted molar refractivity (Wildman–Crippen MR) is 64.6 cm³/mol. The minimum atomic E-state index is -4.58. The Bertz CT molecular complexity index is 653. The van der Waals surface area contributed by atoms with E-state index < -0.39 is 25.0 Å². The van der Waals surface area contributed by atoms with Crippen LogP contribution in [0.15, 0.2) is 26.4 Å². The molecule has 1 aromatic carbocycles. The average Bonchev–Trinajstić information content (AvgIpc) is 2.15. The number of sulfonamides is 1. The van der Waals surface area contributed by atoms with Crippen LogP contribution in [-0.2, 0) is 20.1 Å². The molecule has 96 valence electrons. The van der Waals surface area contributed by atoms with Gasteiger partial charge < -0.3 is 5.73 Å². The SMILES string of the molecule is CNS(=O)(=O)c1cc(S(=O)(=O)O)c(N)cc1Br. The molecule has 0 aliphatic rings. The molecule has 0 aromatic heterocycles. The number of anilines is 1. The number of benzene rings is 1. The maximum Gasteiger partial charge on any atom is 0.296 e. The Balaban J connectivity index is 3.68. The summed E-state index contributed by atoms with van der Waals surface area (Å²) in [6.45, 7) is 0. The molecule has 0 fully saturated rings. The summed E-state index contributed by atoms with van der Waals surface area (Å²) >= 11 is 2.95. The highest BCUT2D eigenvalue weighted by Gasteiger charge is 2.22. The first-order valence-corrected chi connectivity index (χ1v) is 7.81. The van der Waals surface area contributed by atoms with E-state index in [2.05, 4.69) is 15.9 Å². The van der Waals surface area contributed by atoms with Gasteiger partial charge in [-0.05, 0) is 35.1 Å². The summed E-state index contributed by atoms with van der Waals surface area (Å²) < 4.78 is 56.1. The summed E-state index contributed by atoms with van der Waals surface area (Å²) in [4.78, 5) is -0.989. The fourth-order valence-electron chi connectivity index (χ4n) is 1.09. The van der Waals surface area contributed by atoms with Crippen molar-refractivity contribution >= 4 is 41.8 Å². The second-order valence-electron chi connectivity index (χ2n) is 3.00. The maximum absolute atomic E-state index is 11.6. The molecule has 0 amide bonds. The van der Waals surface area contributed by atoms with Gasteiger partial charge in [0.2, 0.25) is 10.0 Å². The van der Waals surface area contributed by atoms with Crippen molar-refractivity contribution < 1.29 is 21.4 Å². The van der Waals surface area contributed by atoms with Crippen LogP contribution in [0, 0.1) is 0 Å². The summed E-state index contributed by atoms with van der Waals surface area (Å²) in [5.41, 5.74) is 5.12. The molecule has 0 bridgehead atoms. The summed E-state index contributed by atoms with van der Waals surface area (Å²) in [5.74, 6) is 0. The Hall–Kier alpha value is -0.680. The summed E-state index contributed by atoms with van der Waals surface area (Å²) in [7, 11) is -7.26. The van der Waals surface area contributed by atoms with Crippen molar-refractivity contribution in [3.05, 3.63) is 16.6 Å². The van der Waals surface area contributed by atoms with Gasteiger partial charge in [-0.25, -0.2) is 13.1 Å². The van der Waals surface area contributed by atoms with Crippen LogP contribution in [0.3, 0.4) is 0 Å². The minimum absolute atomic E-state index is 0.0942. The molecule has 0 aliphatic heterocycles. The van der Waals surface area contributed by atoms with Gasteiger partial charge in [-0.2, -0.15) is 8.42 Å². The molecule has 1 rings (SSSR count). The van der Waals surface area contributed by atoms with Crippen LogP contribution in [0.4, 0.5) is 5.69 Å². The smallest absolute Gasteiger partial charge is 0.296 e. The number of nitrogen functional groups attached to an aromatic ring is 1. The first-order valence-electron chi connectivity index (χ1n) is 4.09. The van der Waals surface area contributed by atoms with Crippen LogP contribution in [0.2, 0.25) is 0 Å². The van der Waals surface area contributed by atoms with Crippen LogP contribution in [0.1, 0.15) is 0 Å². The lowest BCUT2D eigenvalue weighted by Gasteiger charge is -2.09. The zero-order chi connectivity index (χ0) is 13.4. The summed E-state index contributed by atoms with van der Waals surface area (Å²) in [6, 6.07) is 1.87. The Morgan fingerprint density at radius 2 is 1.76 bits per heavy atom. The zero-order valence-corrected chi connectivity index (χ0v) is 11.7. The van der Waals surface area contributed by atoms with Crippen molar-refractivity contribution in [3.8, 4) is 0 Å². The van der Waals surface area contributed by atoms with E-state index in [4.69, 9.17) is 10.3 Å². The largest absolute Gasteiger partial charge is 0.398 e. The number of halogens is 1. The molecular weight excluding hydrogens is 336 g/mol. The third kappa shape index (κ3) is 2.96. The monoisotopic (exact) mass is 344 g/mol. The first-order chi connectivity index (χ1) is 7.59. The number of hydrogen-bond donors (Lipinski definition) is 3. The van der Waals surface area contributed by atoms with Crippen molar-refractivity contribution in [2.24, 2.45) is 0 Å². The summed E-state index contributed by atoms with van der Waals surface area (Å²) in [6.07, 6.45) is 0. The third-order valence-corrected chi connectivity index (χ3v) is 5.18. The van der Waals surface area contributed by atoms with Gasteiger partial charge in [0.25, 0.3) is 10.1 Å². The lowest BCUT2D eigenvalue weighted by atomic mass is 10.3. The molecule has 10 heteroatoms. The average molecular weight is 345 g/mol. The highest BCUT2D eigenvalue weighted by molar-refractivity contribution is 9.10. The molecule has 0 saturated heterocycles. The first kappa shape index (κ1) is 14.4. The van der Waals surface area contributed by atoms with Crippen LogP contribution in [0.5, 0.6) is 0 Å². The second-order valence-corrected chi connectivity index (χ2v) is 7.10. The molecule has 0 atom stereocenters. The Morgan fingerprint density at radius 1 is 1.24 bits per heavy atom. The lowest BCUT2D eigenvalue weighted by Crippen LogP contribution is -2.20. The molecule has 4 N–H and O–H groups in total. The lowest BCUT2D eigenvalue weighted by molar-refractivity contribution is 0.483. The van der Waals surface area contributed by atoms with Crippen molar-refractivity contribution in [3.63, 3.8) is 0 Å². The maximum atomic E-state index is 11.6. The van der Waals surface area contributed by atoms with Crippen LogP contribution in [-0.4, -0.2) is 28.4 Å². The highest BCUT2D eigenvalue weighted by Crippen LogP contribution is 2.29. The van der Waals surface area contributed by atoms with Gasteiger partial charge in [-0.3, -0.25) is 4.55 Å². The minimum Gasteiger partial charge on any atom is -0.398 e. The van der Waals surface area contributed by atoms with Gasteiger partial charge >= 0.3 is 0 Å². The predicted octanol–water partition coefficient (Wildman–Crippen LogP) is 0.186. The Kier molecular flexibility index (Phi) is 3.84. The number of rotatable bonds is 3. The van der Waals surface area contributed by atoms with Crippen molar-refractivity contribution in [1.82, 2.24) is 4.72 Å². The van der Waals surface area contributed by atoms with Crippen LogP contribution < -0.4 is 10.5 Å². The number of nitrogens with two attached hydrogens (primary N) is 1. The molecule has 7 nitrogen and oxygen atoms in total. The topological polar surface area (TPSA) is 127 Å². The number of hydrogen-bond acceptors (Lipinski definition) is 5. The van der Waals surface area contributed by atoms with E-state index in [9.17, 15) is 16.8 Å². The van der Waals surface area contributed by atoms with Crippen molar-refractivity contribution in [2.45, 2.75) is 9.79 Å². The van der Waals surface area contributed by atoms with Gasteiger partial charge in [-0.1, -0.05) is 0 Å². The van der Waals surface area contributed by atoms with Gasteiger partial charge in [0.05, 0.1) is 10.6 Å². The Morgan fingerprint density at radius 3 is 2.18 bits per heavy atom. The van der Waals surface area contributed by atoms with E-state index in [0.29, 0.717) is 0 Å². The fraction of sp³-hybridized carbons (Fsp3) is 0.143. The van der Waals surface area contributed by atoms with E-state index in [1.165, 1.54) is 7.05 Å². The normalized spacial score (nSPS) is 12.6. The highest BCUT2D eigenvalue weighted by atomic mass is 79.9. The zero-order valence-electron chi connectivity index (χ0n) is 8.51. The summed E-state index contributed by atoms with van der Waals surface area (Å²) in [5, 5.41) is 0. The fourth-order valence-corrected chi connectivity index (χ4v) is 3.60. The van der Waals surface area contributed by atoms with Gasteiger partial charge in [0, 0.05) is 4.47 Å². The Labute approximate surface area is 107 Å². The molecular formula is C7H9BrN2O5S2. The quantitative estimate of drug-likeness (QED) is 0.530. The van der Waals surface area contributed by atoms with E-state index >= 15 is 0 Å². The molecule has 1 aromatic rings. The van der Waals surface area contributed by atoms with Crippen LogP contribution in [0.25, 0.3) is 0 Å². The molecule has 17 heavy (non-hydrogen) atoms. The van der Waals surface area contributed by atoms with E-state index in [1.54, 1.807) is 0 Å². The van der Waals surface area contributed by atoms with Crippen molar-refractivity contribution in [2.75, 3.05) is 12.8 Å². The molecule has 0 radical (unpaired) electrons. The second kappa shape index (κ2) is 4.53. The van der Waals surface area contributed by atoms with Gasteiger partial charge in [0.15, 0.2) is 0 Å². The van der Waals surface area contributed by atoms with E-state index in [1.807, 2.05) is 4.72 Å². The van der Waals surface area contributed by atoms with Gasteiger partial charge in [0.1, 0.15) is 4.90 Å². The standard InChI is InChI=1S/C7H9BrN2O5S2/c1-10-16(11,12)6-3-7(17(13,14)15)5(9)2-4(6)8/h2-3,10H,9H2,1H3,(H,13,14,15). The van der Waals surface area contributed by atoms with E-state index in [0.717, 1.165) is 12.1 Å². The molecule has 0 heterocycles. The molecule has 0 saturated carbocycles. The van der Waals surface area contributed by atoms with E-state index in [-0.39, 0.29) is 15.1 Å². The van der Waals surface area contributed by atoms with Gasteiger partial charge in [-0.15, -0.1) is 0 Å². The molecule has 0 aliphatic carbocycles. The molecule has 0 unspecified atom stereocenters. The van der Waals surface area contributed by atoms with Crippen molar-refractivity contribution in [1.29, 1.82) is 0 Å².